The summed E-state index contributed by atoms with van der Waals surface area (Å²) in [6.45, 7) is 9.06. The van der Waals surface area contributed by atoms with Gasteiger partial charge in [-0.25, -0.2) is 0 Å². The van der Waals surface area contributed by atoms with Crippen LogP contribution < -0.4 is 4.74 Å². The van der Waals surface area contributed by atoms with Crippen LogP contribution >= 0.6 is 23.2 Å². The van der Waals surface area contributed by atoms with Gasteiger partial charge in [-0.05, 0) is 37.0 Å². The predicted molar refractivity (Wildman–Crippen MR) is 104 cm³/mol. The van der Waals surface area contributed by atoms with Crippen molar-refractivity contribution in [3.63, 3.8) is 0 Å². The standard InChI is InChI=1S/C20H22Cl2N2O/c1-14-6-8-24(9-7-14)15(2)17-10-16(11-23-12-17)13-25-19-5-3-4-18(21)20(19)22/h3-5,10-12,14H,2,6-9,13H2,1H3. The summed E-state index contributed by atoms with van der Waals surface area (Å²) in [4.78, 5) is 6.68. The Bertz CT molecular complexity index is 755. The van der Waals surface area contributed by atoms with E-state index in [4.69, 9.17) is 27.9 Å². The summed E-state index contributed by atoms with van der Waals surface area (Å²) in [6.07, 6.45) is 6.08. The van der Waals surface area contributed by atoms with Gasteiger partial charge in [-0.2, -0.15) is 0 Å². The molecule has 0 radical (unpaired) electrons. The number of ether oxygens (including phenoxy) is 1. The van der Waals surface area contributed by atoms with Gasteiger partial charge in [0, 0.05) is 42.3 Å². The molecule has 0 amide bonds. The second-order valence-corrected chi connectivity index (χ2v) is 7.32. The number of aromatic nitrogens is 1. The van der Waals surface area contributed by atoms with Gasteiger partial charge < -0.3 is 9.64 Å². The third kappa shape index (κ3) is 4.47. The molecule has 2 aromatic rings. The molecule has 0 unspecified atom stereocenters. The number of hydrogen-bond acceptors (Lipinski definition) is 3. The summed E-state index contributed by atoms with van der Waals surface area (Å²) < 4.78 is 5.80. The molecule has 3 nitrogen and oxygen atoms in total. The minimum atomic E-state index is 0.380. The van der Waals surface area contributed by atoms with E-state index in [0.29, 0.717) is 22.4 Å². The lowest BCUT2D eigenvalue weighted by Crippen LogP contribution is -2.31. The van der Waals surface area contributed by atoms with E-state index in [2.05, 4.69) is 29.5 Å². The summed E-state index contributed by atoms with van der Waals surface area (Å²) in [7, 11) is 0. The van der Waals surface area contributed by atoms with Crippen LogP contribution in [0.2, 0.25) is 10.0 Å². The molecule has 5 heteroatoms. The maximum atomic E-state index is 6.16. The fourth-order valence-corrected chi connectivity index (χ4v) is 3.29. The first-order valence-electron chi connectivity index (χ1n) is 8.49. The molecule has 1 fully saturated rings. The summed E-state index contributed by atoms with van der Waals surface area (Å²) in [5.74, 6) is 1.37. The molecule has 1 aromatic carbocycles. The Morgan fingerprint density at radius 1 is 1.28 bits per heavy atom. The van der Waals surface area contributed by atoms with Crippen LogP contribution in [-0.2, 0) is 6.61 Å². The molecule has 0 spiro atoms. The highest BCUT2D eigenvalue weighted by Crippen LogP contribution is 2.32. The maximum absolute atomic E-state index is 6.16. The molecule has 1 aromatic heterocycles. The van der Waals surface area contributed by atoms with Crippen LogP contribution in [-0.4, -0.2) is 23.0 Å². The monoisotopic (exact) mass is 376 g/mol. The topological polar surface area (TPSA) is 25.4 Å². The fraction of sp³-hybridized carbons (Fsp3) is 0.350. The van der Waals surface area contributed by atoms with Gasteiger partial charge in [0.25, 0.3) is 0 Å². The molecule has 0 atom stereocenters. The Kier molecular flexibility index (Phi) is 5.87. The van der Waals surface area contributed by atoms with Crippen molar-refractivity contribution in [2.45, 2.75) is 26.4 Å². The van der Waals surface area contributed by atoms with E-state index < -0.39 is 0 Å². The average molecular weight is 377 g/mol. The Balaban J connectivity index is 1.67. The van der Waals surface area contributed by atoms with Crippen molar-refractivity contribution in [3.05, 3.63) is 64.4 Å². The molecule has 0 bridgehead atoms. The van der Waals surface area contributed by atoms with Gasteiger partial charge in [-0.15, -0.1) is 0 Å². The van der Waals surface area contributed by atoms with Crippen LogP contribution in [0.3, 0.4) is 0 Å². The highest BCUT2D eigenvalue weighted by atomic mass is 35.5. The second kappa shape index (κ2) is 8.11. The molecule has 1 aliphatic rings. The first-order valence-corrected chi connectivity index (χ1v) is 9.25. The number of nitrogens with zero attached hydrogens (tertiary/aromatic N) is 2. The molecular formula is C20H22Cl2N2O. The molecule has 1 saturated heterocycles. The van der Waals surface area contributed by atoms with Crippen molar-refractivity contribution in [3.8, 4) is 5.75 Å². The van der Waals surface area contributed by atoms with E-state index in [-0.39, 0.29) is 0 Å². The zero-order chi connectivity index (χ0) is 17.8. The number of rotatable bonds is 5. The van der Waals surface area contributed by atoms with Crippen LogP contribution in [0.25, 0.3) is 5.70 Å². The van der Waals surface area contributed by atoms with Crippen molar-refractivity contribution in [1.29, 1.82) is 0 Å². The number of piperidine rings is 1. The van der Waals surface area contributed by atoms with Crippen LogP contribution in [0.15, 0.2) is 43.2 Å². The van der Waals surface area contributed by atoms with E-state index in [1.54, 1.807) is 18.3 Å². The van der Waals surface area contributed by atoms with E-state index in [1.807, 2.05) is 12.3 Å². The smallest absolute Gasteiger partial charge is 0.139 e. The van der Waals surface area contributed by atoms with Crippen molar-refractivity contribution >= 4 is 28.9 Å². The highest BCUT2D eigenvalue weighted by Gasteiger charge is 2.18. The molecule has 2 heterocycles. The van der Waals surface area contributed by atoms with E-state index in [0.717, 1.165) is 35.8 Å². The molecule has 1 aliphatic heterocycles. The van der Waals surface area contributed by atoms with Gasteiger partial charge in [-0.3, -0.25) is 4.98 Å². The average Bonchev–Trinajstić information content (AvgIpc) is 2.63. The highest BCUT2D eigenvalue weighted by molar-refractivity contribution is 6.42. The van der Waals surface area contributed by atoms with Crippen LogP contribution in [0, 0.1) is 5.92 Å². The zero-order valence-corrected chi connectivity index (χ0v) is 15.9. The minimum Gasteiger partial charge on any atom is -0.487 e. The number of likely N-dealkylation sites (tertiary alicyclic amines) is 1. The Morgan fingerprint density at radius 2 is 2.04 bits per heavy atom. The maximum Gasteiger partial charge on any atom is 0.139 e. The van der Waals surface area contributed by atoms with Gasteiger partial charge >= 0.3 is 0 Å². The van der Waals surface area contributed by atoms with Gasteiger partial charge in [0.2, 0.25) is 0 Å². The largest absolute Gasteiger partial charge is 0.487 e. The number of hydrogen-bond donors (Lipinski definition) is 0. The Hall–Kier alpha value is -1.71. The van der Waals surface area contributed by atoms with Gasteiger partial charge in [0.1, 0.15) is 17.4 Å². The van der Waals surface area contributed by atoms with Crippen molar-refractivity contribution in [2.24, 2.45) is 5.92 Å². The zero-order valence-electron chi connectivity index (χ0n) is 14.3. The number of benzene rings is 1. The minimum absolute atomic E-state index is 0.380. The van der Waals surface area contributed by atoms with Crippen LogP contribution in [0.1, 0.15) is 30.9 Å². The second-order valence-electron chi connectivity index (χ2n) is 6.54. The molecular weight excluding hydrogens is 355 g/mol. The molecule has 0 aliphatic carbocycles. The van der Waals surface area contributed by atoms with Gasteiger partial charge in [-0.1, -0.05) is 42.8 Å². The van der Waals surface area contributed by atoms with Gasteiger partial charge in [0.15, 0.2) is 0 Å². The summed E-state index contributed by atoms with van der Waals surface area (Å²) in [5, 5.41) is 0.916. The molecule has 0 N–H and O–H groups in total. The van der Waals surface area contributed by atoms with E-state index >= 15 is 0 Å². The molecule has 25 heavy (non-hydrogen) atoms. The van der Waals surface area contributed by atoms with Crippen LogP contribution in [0.5, 0.6) is 5.75 Å². The quantitative estimate of drug-likeness (QED) is 0.671. The molecule has 0 saturated carbocycles. The first-order chi connectivity index (χ1) is 12.0. The van der Waals surface area contributed by atoms with Crippen molar-refractivity contribution < 1.29 is 4.74 Å². The molecule has 132 valence electrons. The Morgan fingerprint density at radius 3 is 2.80 bits per heavy atom. The van der Waals surface area contributed by atoms with E-state index in [9.17, 15) is 0 Å². The normalized spacial score (nSPS) is 15.2. The van der Waals surface area contributed by atoms with Crippen molar-refractivity contribution in [2.75, 3.05) is 13.1 Å². The lowest BCUT2D eigenvalue weighted by atomic mass is 9.98. The van der Waals surface area contributed by atoms with Crippen molar-refractivity contribution in [1.82, 2.24) is 9.88 Å². The summed E-state index contributed by atoms with van der Waals surface area (Å²) in [5.41, 5.74) is 3.04. The van der Waals surface area contributed by atoms with Gasteiger partial charge in [0.05, 0.1) is 5.02 Å². The van der Waals surface area contributed by atoms with Crippen LogP contribution in [0.4, 0.5) is 0 Å². The number of halogens is 2. The molecule has 3 rings (SSSR count). The third-order valence-corrected chi connectivity index (χ3v) is 5.41. The third-order valence-electron chi connectivity index (χ3n) is 4.60. The lowest BCUT2D eigenvalue weighted by Gasteiger charge is -2.33. The fourth-order valence-electron chi connectivity index (χ4n) is 2.94. The SMILES string of the molecule is C=C(c1cncc(COc2cccc(Cl)c2Cl)c1)N1CCC(C)CC1. The lowest BCUT2D eigenvalue weighted by molar-refractivity contribution is 0.268. The summed E-state index contributed by atoms with van der Waals surface area (Å²) in [6, 6.07) is 7.44. The predicted octanol–water partition coefficient (Wildman–Crippen LogP) is 5.67. The first kappa shape index (κ1) is 18.1. The number of pyridine rings is 1. The van der Waals surface area contributed by atoms with E-state index in [1.165, 1.54) is 12.8 Å². The Labute approximate surface area is 159 Å². The summed E-state index contributed by atoms with van der Waals surface area (Å²) >= 11 is 12.2.